The van der Waals surface area contributed by atoms with Crippen molar-refractivity contribution in [1.29, 1.82) is 0 Å². The summed E-state index contributed by atoms with van der Waals surface area (Å²) in [6.07, 6.45) is 9.29. The maximum atomic E-state index is 12.9. The molecule has 1 atom stereocenters. The predicted octanol–water partition coefficient (Wildman–Crippen LogP) is 2.77. The summed E-state index contributed by atoms with van der Waals surface area (Å²) in [5.41, 5.74) is 1.42. The van der Waals surface area contributed by atoms with Crippen LogP contribution in [0.2, 0.25) is 0 Å². The minimum absolute atomic E-state index is 0.0611. The summed E-state index contributed by atoms with van der Waals surface area (Å²) in [4.78, 5) is 25.8. The Bertz CT molecular complexity index is 600. The average Bonchev–Trinajstić information content (AvgIpc) is 3.29. The van der Waals surface area contributed by atoms with E-state index in [4.69, 9.17) is 0 Å². The van der Waals surface area contributed by atoms with E-state index in [2.05, 4.69) is 5.10 Å². The van der Waals surface area contributed by atoms with Crippen LogP contribution in [0.15, 0.2) is 6.20 Å². The zero-order valence-electron chi connectivity index (χ0n) is 13.9. The normalized spacial score (nSPS) is 20.3. The van der Waals surface area contributed by atoms with Crippen molar-refractivity contribution in [3.8, 4) is 0 Å². The zero-order valence-corrected chi connectivity index (χ0v) is 13.9. The molecule has 6 nitrogen and oxygen atoms in total. The molecular weight excluding hydrogens is 294 g/mol. The molecule has 0 radical (unpaired) electrons. The van der Waals surface area contributed by atoms with Gasteiger partial charge in [-0.1, -0.05) is 19.3 Å². The molecule has 2 fully saturated rings. The molecule has 0 bridgehead atoms. The highest BCUT2D eigenvalue weighted by atomic mass is 16.4. The lowest BCUT2D eigenvalue weighted by Crippen LogP contribution is -2.44. The quantitative estimate of drug-likeness (QED) is 0.905. The number of carboxylic acid groups (broad SMARTS) is 1. The molecule has 2 saturated carbocycles. The van der Waals surface area contributed by atoms with E-state index in [1.165, 1.54) is 24.2 Å². The monoisotopic (exact) mass is 319 g/mol. The Morgan fingerprint density at radius 3 is 2.48 bits per heavy atom. The number of carbonyl (C=O) groups excluding carboxylic acids is 1. The van der Waals surface area contributed by atoms with Gasteiger partial charge in [0, 0.05) is 11.7 Å². The van der Waals surface area contributed by atoms with Crippen molar-refractivity contribution in [2.75, 3.05) is 0 Å². The fourth-order valence-corrected chi connectivity index (χ4v) is 3.60. The third-order valence-electron chi connectivity index (χ3n) is 5.15. The van der Waals surface area contributed by atoms with Gasteiger partial charge in [-0.3, -0.25) is 9.48 Å². The molecule has 6 heteroatoms. The second-order valence-electron chi connectivity index (χ2n) is 6.84. The first-order valence-electron chi connectivity index (χ1n) is 8.60. The molecule has 1 N–H and O–H groups in total. The third-order valence-corrected chi connectivity index (χ3v) is 5.15. The molecule has 1 amide bonds. The van der Waals surface area contributed by atoms with Crippen molar-refractivity contribution >= 4 is 11.9 Å². The van der Waals surface area contributed by atoms with Crippen molar-refractivity contribution in [1.82, 2.24) is 14.7 Å². The Kier molecular flexibility index (Phi) is 4.41. The Morgan fingerprint density at radius 2 is 1.91 bits per heavy atom. The van der Waals surface area contributed by atoms with E-state index in [1.807, 2.05) is 11.6 Å². The summed E-state index contributed by atoms with van der Waals surface area (Å²) in [7, 11) is 0. The number of carbonyl (C=O) groups is 2. The number of nitrogens with zero attached hydrogens (tertiary/aromatic N) is 3. The van der Waals surface area contributed by atoms with E-state index in [-0.39, 0.29) is 11.9 Å². The predicted molar refractivity (Wildman–Crippen MR) is 85.4 cm³/mol. The second-order valence-corrected chi connectivity index (χ2v) is 6.84. The van der Waals surface area contributed by atoms with Gasteiger partial charge >= 0.3 is 5.97 Å². The summed E-state index contributed by atoms with van der Waals surface area (Å²) in [5.74, 6) is -1.15. The molecule has 1 aromatic heterocycles. The first kappa shape index (κ1) is 16.0. The van der Waals surface area contributed by atoms with E-state index >= 15 is 0 Å². The van der Waals surface area contributed by atoms with Gasteiger partial charge < -0.3 is 10.0 Å². The molecule has 0 spiro atoms. The molecule has 2 aliphatic rings. The first-order chi connectivity index (χ1) is 11.0. The topological polar surface area (TPSA) is 75.4 Å². The third kappa shape index (κ3) is 3.12. The van der Waals surface area contributed by atoms with Gasteiger partial charge in [-0.25, -0.2) is 4.79 Å². The second kappa shape index (κ2) is 6.34. The summed E-state index contributed by atoms with van der Waals surface area (Å²) < 4.78 is 1.98. The van der Waals surface area contributed by atoms with Crippen molar-refractivity contribution in [2.45, 2.75) is 76.9 Å². The van der Waals surface area contributed by atoms with E-state index in [0.717, 1.165) is 31.4 Å². The van der Waals surface area contributed by atoms with Crippen molar-refractivity contribution < 1.29 is 14.7 Å². The molecule has 1 unspecified atom stereocenters. The van der Waals surface area contributed by atoms with E-state index in [0.29, 0.717) is 11.6 Å². The Hall–Kier alpha value is -1.85. The van der Waals surface area contributed by atoms with Crippen molar-refractivity contribution in [3.63, 3.8) is 0 Å². The molecule has 3 rings (SSSR count). The molecule has 23 heavy (non-hydrogen) atoms. The number of carboxylic acids is 1. The van der Waals surface area contributed by atoms with Gasteiger partial charge in [0.25, 0.3) is 5.91 Å². The van der Waals surface area contributed by atoms with Crippen LogP contribution in [0.1, 0.15) is 74.0 Å². The van der Waals surface area contributed by atoms with Gasteiger partial charge in [0.15, 0.2) is 0 Å². The SMILES string of the molecule is Cc1c(C(=O)N(C2CC2)C(C)C(=O)O)cnn1C1CCCCC1. The van der Waals surface area contributed by atoms with E-state index < -0.39 is 12.0 Å². The highest BCUT2D eigenvalue weighted by molar-refractivity contribution is 5.97. The fourth-order valence-electron chi connectivity index (χ4n) is 3.60. The maximum absolute atomic E-state index is 12.9. The maximum Gasteiger partial charge on any atom is 0.326 e. The van der Waals surface area contributed by atoms with Crippen LogP contribution in [0.3, 0.4) is 0 Å². The van der Waals surface area contributed by atoms with Crippen LogP contribution in [0.25, 0.3) is 0 Å². The standard InChI is InChI=1S/C17H25N3O3/c1-11-15(10-18-20(11)14-6-4-3-5-7-14)16(21)19(13-8-9-13)12(2)17(22)23/h10,12-14H,3-9H2,1-2H3,(H,22,23). The molecule has 0 aliphatic heterocycles. The fraction of sp³-hybridized carbons (Fsp3) is 0.706. The van der Waals surface area contributed by atoms with Gasteiger partial charge in [0.1, 0.15) is 6.04 Å². The van der Waals surface area contributed by atoms with Crippen molar-refractivity contribution in [2.24, 2.45) is 0 Å². The van der Waals surface area contributed by atoms with Gasteiger partial charge in [-0.15, -0.1) is 0 Å². The number of aromatic nitrogens is 2. The van der Waals surface area contributed by atoms with Crippen LogP contribution in [0.5, 0.6) is 0 Å². The summed E-state index contributed by atoms with van der Waals surface area (Å²) >= 11 is 0. The largest absolute Gasteiger partial charge is 0.480 e. The van der Waals surface area contributed by atoms with Crippen LogP contribution in [-0.2, 0) is 4.79 Å². The Balaban J connectivity index is 1.84. The molecule has 126 valence electrons. The summed E-state index contributed by atoms with van der Waals surface area (Å²) in [5, 5.41) is 13.7. The molecule has 0 saturated heterocycles. The number of hydrogen-bond donors (Lipinski definition) is 1. The molecule has 0 aromatic carbocycles. The molecular formula is C17H25N3O3. The average molecular weight is 319 g/mol. The molecule has 1 heterocycles. The zero-order chi connectivity index (χ0) is 16.6. The van der Waals surface area contributed by atoms with Crippen LogP contribution in [0, 0.1) is 6.92 Å². The van der Waals surface area contributed by atoms with Gasteiger partial charge in [-0.2, -0.15) is 5.10 Å². The smallest absolute Gasteiger partial charge is 0.326 e. The molecule has 2 aliphatic carbocycles. The lowest BCUT2D eigenvalue weighted by molar-refractivity contribution is -0.141. The summed E-state index contributed by atoms with van der Waals surface area (Å²) in [6, 6.07) is -0.366. The first-order valence-corrected chi connectivity index (χ1v) is 8.60. The van der Waals surface area contributed by atoms with E-state index in [9.17, 15) is 14.7 Å². The number of hydrogen-bond acceptors (Lipinski definition) is 3. The lowest BCUT2D eigenvalue weighted by Gasteiger charge is -2.27. The number of rotatable bonds is 5. The minimum Gasteiger partial charge on any atom is -0.480 e. The summed E-state index contributed by atoms with van der Waals surface area (Å²) in [6.45, 7) is 3.50. The van der Waals surface area contributed by atoms with Gasteiger partial charge in [-0.05, 0) is 39.5 Å². The number of amides is 1. The van der Waals surface area contributed by atoms with Crippen LogP contribution in [0.4, 0.5) is 0 Å². The number of aliphatic carboxylic acids is 1. The Labute approximate surface area is 136 Å². The highest BCUT2D eigenvalue weighted by Crippen LogP contribution is 2.32. The highest BCUT2D eigenvalue weighted by Gasteiger charge is 2.39. The van der Waals surface area contributed by atoms with Crippen LogP contribution < -0.4 is 0 Å². The van der Waals surface area contributed by atoms with Crippen LogP contribution in [-0.4, -0.2) is 43.7 Å². The lowest BCUT2D eigenvalue weighted by atomic mass is 9.95. The molecule has 1 aromatic rings. The Morgan fingerprint density at radius 1 is 1.26 bits per heavy atom. The van der Waals surface area contributed by atoms with Crippen molar-refractivity contribution in [3.05, 3.63) is 17.5 Å². The van der Waals surface area contributed by atoms with Crippen LogP contribution >= 0.6 is 0 Å². The van der Waals surface area contributed by atoms with E-state index in [1.54, 1.807) is 13.1 Å². The van der Waals surface area contributed by atoms with Gasteiger partial charge in [0.2, 0.25) is 0 Å². The minimum atomic E-state index is -0.956. The van der Waals surface area contributed by atoms with Gasteiger partial charge in [0.05, 0.1) is 17.8 Å².